The zero-order valence-electron chi connectivity index (χ0n) is 18.0. The Balaban J connectivity index is 1.84. The lowest BCUT2D eigenvalue weighted by atomic mass is 9.96. The van der Waals surface area contributed by atoms with Crippen LogP contribution >= 0.6 is 0 Å². The summed E-state index contributed by atoms with van der Waals surface area (Å²) in [6.45, 7) is 4.27. The topological polar surface area (TPSA) is 57.2 Å². The number of hydrogen-bond acceptors (Lipinski definition) is 3. The van der Waals surface area contributed by atoms with Crippen molar-refractivity contribution in [2.45, 2.75) is 89.4 Å². The molecule has 29 heavy (non-hydrogen) atoms. The molecule has 160 valence electrons. The Morgan fingerprint density at radius 3 is 2.03 bits per heavy atom. The molecule has 0 saturated carbocycles. The molecular weight excluding hydrogens is 380 g/mol. The second kappa shape index (κ2) is 12.1. The maximum absolute atomic E-state index is 11.3. The van der Waals surface area contributed by atoms with Crippen LogP contribution in [0.15, 0.2) is 47.4 Å². The first-order valence-electron chi connectivity index (χ1n) is 11.1. The van der Waals surface area contributed by atoms with Crippen LogP contribution in [-0.2, 0) is 16.5 Å². The van der Waals surface area contributed by atoms with Crippen molar-refractivity contribution in [1.82, 2.24) is 0 Å². The molecule has 0 bridgehead atoms. The predicted molar refractivity (Wildman–Crippen MR) is 120 cm³/mol. The van der Waals surface area contributed by atoms with Gasteiger partial charge in [0.05, 0.1) is 4.90 Å². The minimum absolute atomic E-state index is 0.172. The van der Waals surface area contributed by atoms with Crippen molar-refractivity contribution in [1.29, 1.82) is 0 Å². The highest BCUT2D eigenvalue weighted by Crippen LogP contribution is 2.27. The average Bonchev–Trinajstić information content (AvgIpc) is 2.70. The van der Waals surface area contributed by atoms with E-state index >= 15 is 0 Å². The second-order valence-corrected chi connectivity index (χ2v) is 9.44. The molecule has 0 aromatic heterocycles. The fourth-order valence-corrected chi connectivity index (χ4v) is 4.29. The quantitative estimate of drug-likeness (QED) is 0.261. The molecule has 0 saturated heterocycles. The maximum atomic E-state index is 11.3. The Labute approximate surface area is 177 Å². The van der Waals surface area contributed by atoms with Gasteiger partial charge in [0.1, 0.15) is 10.1 Å². The highest BCUT2D eigenvalue weighted by Gasteiger charge is 2.07. The third-order valence-corrected chi connectivity index (χ3v) is 6.39. The van der Waals surface area contributed by atoms with E-state index in [2.05, 4.69) is 25.1 Å². The summed E-state index contributed by atoms with van der Waals surface area (Å²) in [6, 6.07) is 12.7. The number of benzene rings is 2. The summed E-state index contributed by atoms with van der Waals surface area (Å²) >= 11 is 0. The van der Waals surface area contributed by atoms with Crippen LogP contribution in [0.4, 0.5) is 0 Å². The van der Waals surface area contributed by atoms with Crippen LogP contribution in [0.5, 0.6) is 0 Å². The van der Waals surface area contributed by atoms with Gasteiger partial charge in [-0.25, -0.2) is 8.42 Å². The summed E-state index contributed by atoms with van der Waals surface area (Å²) in [5.74, 6) is 0. The molecule has 2 aromatic rings. The van der Waals surface area contributed by atoms with E-state index < -0.39 is 10.1 Å². The van der Waals surface area contributed by atoms with Crippen molar-refractivity contribution >= 4 is 10.1 Å². The molecule has 0 aliphatic carbocycles. The van der Waals surface area contributed by atoms with E-state index in [4.69, 9.17) is 0 Å². The molecule has 0 fully saturated rings. The first kappa shape index (κ1) is 23.6. The first-order chi connectivity index (χ1) is 13.9. The van der Waals surface area contributed by atoms with Crippen LogP contribution < -0.4 is 0 Å². The highest BCUT2D eigenvalue weighted by molar-refractivity contribution is 7.85. The lowest BCUT2D eigenvalue weighted by molar-refractivity contribution is 0.463. The van der Waals surface area contributed by atoms with Crippen molar-refractivity contribution in [2.24, 2.45) is 0 Å². The first-order valence-corrected chi connectivity index (χ1v) is 12.5. The smallest absolute Gasteiger partial charge is 0.124 e. The van der Waals surface area contributed by atoms with Crippen LogP contribution in [0.25, 0.3) is 11.1 Å². The fraction of sp³-hybridized carbons (Fsp3) is 0.520. The number of hydrogen-bond donors (Lipinski definition) is 0. The molecule has 2 aromatic carbocycles. The molecular formula is C25H35O3S-. The molecule has 4 heteroatoms. The van der Waals surface area contributed by atoms with Crippen molar-refractivity contribution < 1.29 is 13.0 Å². The molecule has 0 aliphatic heterocycles. The van der Waals surface area contributed by atoms with Gasteiger partial charge in [0.15, 0.2) is 0 Å². The van der Waals surface area contributed by atoms with Gasteiger partial charge < -0.3 is 4.55 Å². The van der Waals surface area contributed by atoms with Crippen LogP contribution in [0.3, 0.4) is 0 Å². The molecule has 0 atom stereocenters. The van der Waals surface area contributed by atoms with Crippen molar-refractivity contribution in [3.05, 3.63) is 53.6 Å². The van der Waals surface area contributed by atoms with Crippen LogP contribution in [0.2, 0.25) is 0 Å². The summed E-state index contributed by atoms with van der Waals surface area (Å²) in [5, 5.41) is 0. The van der Waals surface area contributed by atoms with Gasteiger partial charge >= 0.3 is 0 Å². The summed E-state index contributed by atoms with van der Waals surface area (Å²) in [4.78, 5) is -0.172. The normalized spacial score (nSPS) is 11.7. The molecule has 0 heterocycles. The Hall–Kier alpha value is -1.65. The van der Waals surface area contributed by atoms with E-state index in [-0.39, 0.29) is 4.90 Å². The summed E-state index contributed by atoms with van der Waals surface area (Å²) in [6.07, 6.45) is 14.3. The van der Waals surface area contributed by atoms with Crippen LogP contribution in [0.1, 0.15) is 82.3 Å². The monoisotopic (exact) mass is 415 g/mol. The van der Waals surface area contributed by atoms with E-state index in [1.807, 2.05) is 13.0 Å². The Morgan fingerprint density at radius 2 is 1.41 bits per heavy atom. The lowest BCUT2D eigenvalue weighted by Crippen LogP contribution is -1.98. The zero-order chi connectivity index (χ0) is 21.1. The van der Waals surface area contributed by atoms with E-state index in [0.29, 0.717) is 0 Å². The van der Waals surface area contributed by atoms with Gasteiger partial charge in [0, 0.05) is 0 Å². The third kappa shape index (κ3) is 8.31. The fourth-order valence-electron chi connectivity index (χ4n) is 3.77. The Bertz CT molecular complexity index is 856. The van der Waals surface area contributed by atoms with Gasteiger partial charge in [-0.3, -0.25) is 0 Å². The number of unbranched alkanes of at least 4 members (excludes halogenated alkanes) is 9. The molecule has 0 unspecified atom stereocenters. The predicted octanol–water partition coefficient (Wildman–Crippen LogP) is 7.03. The molecule has 0 amide bonds. The van der Waals surface area contributed by atoms with Gasteiger partial charge in [-0.2, -0.15) is 0 Å². The zero-order valence-corrected chi connectivity index (χ0v) is 18.8. The molecule has 0 aliphatic rings. The molecule has 0 N–H and O–H groups in total. The summed E-state index contributed by atoms with van der Waals surface area (Å²) in [7, 11) is -4.44. The molecule has 0 spiro atoms. The maximum Gasteiger partial charge on any atom is 0.124 e. The van der Waals surface area contributed by atoms with E-state index in [1.165, 1.54) is 81.9 Å². The van der Waals surface area contributed by atoms with E-state index in [0.717, 1.165) is 23.1 Å². The Kier molecular flexibility index (Phi) is 9.89. The van der Waals surface area contributed by atoms with Gasteiger partial charge in [0.25, 0.3) is 0 Å². The van der Waals surface area contributed by atoms with Crippen molar-refractivity contribution in [2.75, 3.05) is 0 Å². The second-order valence-electron chi connectivity index (χ2n) is 8.06. The lowest BCUT2D eigenvalue weighted by Gasteiger charge is -2.12. The van der Waals surface area contributed by atoms with Gasteiger partial charge in [-0.1, -0.05) is 95.0 Å². The molecule has 2 rings (SSSR count). The van der Waals surface area contributed by atoms with Gasteiger partial charge in [0.2, 0.25) is 0 Å². The standard InChI is InChI=1S/C25H36O3S/c1-3-4-5-6-7-8-9-10-11-12-14-22-18-17-21(2)25(19-22)23-15-13-16-24(20-23)29(26,27)28/h13,15-20H,3-12,14H2,1-2H3,(H,26,27,28)/p-1. The van der Waals surface area contributed by atoms with Crippen molar-refractivity contribution in [3.63, 3.8) is 0 Å². The van der Waals surface area contributed by atoms with Crippen LogP contribution in [0, 0.1) is 6.92 Å². The minimum atomic E-state index is -4.44. The number of aryl methyl sites for hydroxylation is 2. The van der Waals surface area contributed by atoms with Gasteiger partial charge in [-0.15, -0.1) is 0 Å². The minimum Gasteiger partial charge on any atom is -0.744 e. The highest BCUT2D eigenvalue weighted by atomic mass is 32.2. The molecule has 0 radical (unpaired) electrons. The largest absolute Gasteiger partial charge is 0.744 e. The molecule has 3 nitrogen and oxygen atoms in total. The van der Waals surface area contributed by atoms with Gasteiger partial charge in [-0.05, 0) is 54.2 Å². The van der Waals surface area contributed by atoms with E-state index in [1.54, 1.807) is 6.07 Å². The third-order valence-electron chi connectivity index (χ3n) is 5.55. The van der Waals surface area contributed by atoms with E-state index in [9.17, 15) is 13.0 Å². The number of rotatable bonds is 13. The average molecular weight is 416 g/mol. The summed E-state index contributed by atoms with van der Waals surface area (Å²) in [5.41, 5.74) is 4.13. The van der Waals surface area contributed by atoms with Crippen LogP contribution in [-0.4, -0.2) is 13.0 Å². The summed E-state index contributed by atoms with van der Waals surface area (Å²) < 4.78 is 34.0. The SMILES string of the molecule is CCCCCCCCCCCCc1ccc(C)c(-c2cccc(S(=O)(=O)[O-])c2)c1. The Morgan fingerprint density at radius 1 is 0.793 bits per heavy atom. The van der Waals surface area contributed by atoms with Crippen molar-refractivity contribution in [3.8, 4) is 11.1 Å².